The van der Waals surface area contributed by atoms with Crippen molar-refractivity contribution in [3.05, 3.63) is 0 Å². The first kappa shape index (κ1) is 16.9. The van der Waals surface area contributed by atoms with Crippen LogP contribution in [0.25, 0.3) is 0 Å². The van der Waals surface area contributed by atoms with Crippen LogP contribution in [0.15, 0.2) is 0 Å². The molecule has 3 heteroatoms. The predicted octanol–water partition coefficient (Wildman–Crippen LogP) is 3.11. The smallest absolute Gasteiger partial charge is 0.0614 e. The molecule has 1 aliphatic rings. The molecule has 1 rings (SSSR count). The summed E-state index contributed by atoms with van der Waals surface area (Å²) in [6, 6.07) is 0.403. The molecule has 0 bridgehead atoms. The Kier molecular flexibility index (Phi) is 6.28. The summed E-state index contributed by atoms with van der Waals surface area (Å²) in [5, 5.41) is 13.3. The van der Waals surface area contributed by atoms with Gasteiger partial charge in [0.15, 0.2) is 0 Å². The zero-order chi connectivity index (χ0) is 14.5. The monoisotopic (exact) mass is 271 g/mol. The molecule has 0 amide bonds. The van der Waals surface area contributed by atoms with Gasteiger partial charge < -0.3 is 15.2 Å². The highest BCUT2D eigenvalue weighted by Crippen LogP contribution is 2.31. The van der Waals surface area contributed by atoms with Gasteiger partial charge in [0.05, 0.1) is 12.7 Å². The highest BCUT2D eigenvalue weighted by atomic mass is 16.5. The molecule has 0 spiro atoms. The minimum absolute atomic E-state index is 0.126. The molecule has 0 radical (unpaired) electrons. The van der Waals surface area contributed by atoms with Crippen molar-refractivity contribution in [1.82, 2.24) is 5.32 Å². The van der Waals surface area contributed by atoms with Gasteiger partial charge in [-0.15, -0.1) is 0 Å². The Morgan fingerprint density at radius 3 is 2.58 bits per heavy atom. The summed E-state index contributed by atoms with van der Waals surface area (Å²) in [5.74, 6) is 0. The van der Waals surface area contributed by atoms with Crippen molar-refractivity contribution >= 4 is 0 Å². The lowest BCUT2D eigenvalue weighted by atomic mass is 9.80. The maximum Gasteiger partial charge on any atom is 0.0614 e. The fourth-order valence-electron chi connectivity index (χ4n) is 2.91. The van der Waals surface area contributed by atoms with Gasteiger partial charge in [-0.25, -0.2) is 0 Å². The molecule has 0 aromatic rings. The Labute approximate surface area is 119 Å². The van der Waals surface area contributed by atoms with E-state index in [4.69, 9.17) is 4.74 Å². The summed E-state index contributed by atoms with van der Waals surface area (Å²) in [4.78, 5) is 0. The van der Waals surface area contributed by atoms with Gasteiger partial charge in [-0.3, -0.25) is 0 Å². The van der Waals surface area contributed by atoms with Crippen molar-refractivity contribution in [3.8, 4) is 0 Å². The molecule has 2 atom stereocenters. The fraction of sp³-hybridized carbons (Fsp3) is 1.00. The number of aliphatic hydroxyl groups is 1. The summed E-state index contributed by atoms with van der Waals surface area (Å²) < 4.78 is 6.05. The molecule has 114 valence electrons. The minimum Gasteiger partial charge on any atom is -0.394 e. The van der Waals surface area contributed by atoms with Gasteiger partial charge in [-0.1, -0.05) is 34.6 Å². The van der Waals surface area contributed by atoms with Crippen LogP contribution in [0.1, 0.15) is 66.7 Å². The second-order valence-electron chi connectivity index (χ2n) is 7.64. The van der Waals surface area contributed by atoms with Crippen molar-refractivity contribution in [3.63, 3.8) is 0 Å². The number of aliphatic hydroxyl groups excluding tert-OH is 1. The van der Waals surface area contributed by atoms with E-state index in [0.29, 0.717) is 17.6 Å². The quantitative estimate of drug-likeness (QED) is 0.780. The topological polar surface area (TPSA) is 41.5 Å². The van der Waals surface area contributed by atoms with Gasteiger partial charge in [0, 0.05) is 18.2 Å². The lowest BCUT2D eigenvalue weighted by Gasteiger charge is -2.42. The van der Waals surface area contributed by atoms with E-state index in [0.717, 1.165) is 38.7 Å². The maximum absolute atomic E-state index is 9.74. The highest BCUT2D eigenvalue weighted by Gasteiger charge is 2.36. The highest BCUT2D eigenvalue weighted by molar-refractivity contribution is 4.94. The molecule has 19 heavy (non-hydrogen) atoms. The van der Waals surface area contributed by atoms with Crippen molar-refractivity contribution in [2.75, 3.05) is 13.2 Å². The average Bonchev–Trinajstić information content (AvgIpc) is 2.27. The summed E-state index contributed by atoms with van der Waals surface area (Å²) in [6.07, 6.45) is 5.65. The van der Waals surface area contributed by atoms with Crippen LogP contribution in [0.4, 0.5) is 0 Å². The van der Waals surface area contributed by atoms with E-state index in [1.165, 1.54) is 0 Å². The summed E-state index contributed by atoms with van der Waals surface area (Å²) >= 11 is 0. The van der Waals surface area contributed by atoms with Crippen LogP contribution in [-0.2, 0) is 4.74 Å². The minimum atomic E-state index is -0.126. The molecule has 0 heterocycles. The molecule has 2 unspecified atom stereocenters. The molecular weight excluding hydrogens is 238 g/mol. The summed E-state index contributed by atoms with van der Waals surface area (Å²) in [6.45, 7) is 12.1. The largest absolute Gasteiger partial charge is 0.394 e. The number of nitrogens with one attached hydrogen (secondary N) is 1. The lowest BCUT2D eigenvalue weighted by Crippen LogP contribution is -2.55. The summed E-state index contributed by atoms with van der Waals surface area (Å²) in [7, 11) is 0. The Morgan fingerprint density at radius 2 is 2.05 bits per heavy atom. The van der Waals surface area contributed by atoms with Crippen LogP contribution >= 0.6 is 0 Å². The van der Waals surface area contributed by atoms with E-state index in [1.54, 1.807) is 0 Å². The van der Waals surface area contributed by atoms with Gasteiger partial charge in [0.25, 0.3) is 0 Å². The Bertz CT molecular complexity index is 260. The standard InChI is InChI=1S/C16H33NO2/c1-13(2)17-16(12-18)8-6-7-14(11-16)19-10-9-15(3,4)5/h13-14,17-18H,6-12H2,1-5H3. The maximum atomic E-state index is 9.74. The molecule has 0 aromatic heterocycles. The van der Waals surface area contributed by atoms with Crippen LogP contribution in [0.2, 0.25) is 0 Å². The van der Waals surface area contributed by atoms with Crippen molar-refractivity contribution in [2.45, 2.75) is 84.4 Å². The van der Waals surface area contributed by atoms with Gasteiger partial charge in [-0.2, -0.15) is 0 Å². The molecule has 1 fully saturated rings. The Morgan fingerprint density at radius 1 is 1.37 bits per heavy atom. The van der Waals surface area contributed by atoms with Crippen LogP contribution in [0.5, 0.6) is 0 Å². The first-order chi connectivity index (χ1) is 8.76. The first-order valence-corrected chi connectivity index (χ1v) is 7.76. The molecule has 0 aliphatic heterocycles. The Balaban J connectivity index is 2.44. The lowest BCUT2D eigenvalue weighted by molar-refractivity contribution is -0.0250. The van der Waals surface area contributed by atoms with Crippen molar-refractivity contribution < 1.29 is 9.84 Å². The third-order valence-corrected chi connectivity index (χ3v) is 3.90. The number of hydrogen-bond donors (Lipinski definition) is 2. The second kappa shape index (κ2) is 7.05. The predicted molar refractivity (Wildman–Crippen MR) is 80.4 cm³/mol. The number of rotatable bonds is 6. The molecule has 0 aromatic carbocycles. The third kappa shape index (κ3) is 6.24. The van der Waals surface area contributed by atoms with Crippen LogP contribution in [-0.4, -0.2) is 36.0 Å². The molecule has 1 saturated carbocycles. The van der Waals surface area contributed by atoms with E-state index in [-0.39, 0.29) is 12.1 Å². The Hall–Kier alpha value is -0.120. The van der Waals surface area contributed by atoms with Crippen molar-refractivity contribution in [2.24, 2.45) is 5.41 Å². The van der Waals surface area contributed by atoms with Crippen molar-refractivity contribution in [1.29, 1.82) is 0 Å². The van der Waals surface area contributed by atoms with E-state index in [1.807, 2.05) is 0 Å². The molecule has 3 nitrogen and oxygen atoms in total. The second-order valence-corrected chi connectivity index (χ2v) is 7.64. The normalized spacial score (nSPS) is 28.9. The van der Waals surface area contributed by atoms with E-state index in [9.17, 15) is 5.11 Å². The summed E-state index contributed by atoms with van der Waals surface area (Å²) in [5.41, 5.74) is 0.206. The fourth-order valence-corrected chi connectivity index (χ4v) is 2.91. The number of hydrogen-bond acceptors (Lipinski definition) is 3. The van der Waals surface area contributed by atoms with E-state index < -0.39 is 0 Å². The van der Waals surface area contributed by atoms with Gasteiger partial charge >= 0.3 is 0 Å². The van der Waals surface area contributed by atoms with Gasteiger partial charge in [0.1, 0.15) is 0 Å². The van der Waals surface area contributed by atoms with Crippen LogP contribution in [0.3, 0.4) is 0 Å². The third-order valence-electron chi connectivity index (χ3n) is 3.90. The molecular formula is C16H33NO2. The number of ether oxygens (including phenoxy) is 1. The average molecular weight is 271 g/mol. The molecule has 2 N–H and O–H groups in total. The van der Waals surface area contributed by atoms with E-state index in [2.05, 4.69) is 39.9 Å². The van der Waals surface area contributed by atoms with Crippen LogP contribution < -0.4 is 5.32 Å². The SMILES string of the molecule is CC(C)NC1(CO)CCCC(OCCC(C)(C)C)C1. The van der Waals surface area contributed by atoms with E-state index >= 15 is 0 Å². The zero-order valence-electron chi connectivity index (χ0n) is 13.5. The van der Waals surface area contributed by atoms with Crippen LogP contribution in [0, 0.1) is 5.41 Å². The first-order valence-electron chi connectivity index (χ1n) is 7.76. The molecule has 1 aliphatic carbocycles. The molecule has 0 saturated heterocycles. The van der Waals surface area contributed by atoms with Gasteiger partial charge in [-0.05, 0) is 37.5 Å². The zero-order valence-corrected chi connectivity index (χ0v) is 13.5. The van der Waals surface area contributed by atoms with Gasteiger partial charge in [0.2, 0.25) is 0 Å².